The van der Waals surface area contributed by atoms with E-state index in [1.807, 2.05) is 42.5 Å². The molecule has 0 saturated carbocycles. The molecule has 0 saturated heterocycles. The van der Waals surface area contributed by atoms with Gasteiger partial charge in [-0.05, 0) is 41.1 Å². The Morgan fingerprint density at radius 3 is 2.56 bits per heavy atom. The largest absolute Gasteiger partial charge is 0.457 e. The van der Waals surface area contributed by atoms with Gasteiger partial charge in [0.05, 0.1) is 15.6 Å². The Bertz CT molecular complexity index is 1130. The van der Waals surface area contributed by atoms with Gasteiger partial charge in [-0.2, -0.15) is 0 Å². The zero-order valence-electron chi connectivity index (χ0n) is 14.1. The number of hydrogen-bond acceptors (Lipinski definition) is 3. The van der Waals surface area contributed by atoms with Crippen molar-refractivity contribution in [3.8, 4) is 11.3 Å². The highest BCUT2D eigenvalue weighted by Gasteiger charge is 2.14. The van der Waals surface area contributed by atoms with Crippen LogP contribution < -0.4 is 0 Å². The number of carbonyl (C=O) groups excluding carboxylic acids is 1. The second-order valence-electron chi connectivity index (χ2n) is 5.97. The Morgan fingerprint density at radius 1 is 0.889 bits per heavy atom. The fraction of sp³-hybridized carbons (Fsp3) is 0.0455. The standard InChI is InChI=1S/C22H14Cl2O3/c23-19-10-4-9-18(21(19)24)20-12-11-15(27-20)13-26-22(25)17-8-3-6-14-5-1-2-7-16(14)17/h1-12H,13H2. The molecule has 3 nitrogen and oxygen atoms in total. The van der Waals surface area contributed by atoms with Crippen LogP contribution in [0.1, 0.15) is 16.1 Å². The van der Waals surface area contributed by atoms with Gasteiger partial charge in [-0.25, -0.2) is 4.79 Å². The van der Waals surface area contributed by atoms with Gasteiger partial charge in [0.2, 0.25) is 0 Å². The maximum Gasteiger partial charge on any atom is 0.339 e. The van der Waals surface area contributed by atoms with Gasteiger partial charge < -0.3 is 9.15 Å². The van der Waals surface area contributed by atoms with Crippen molar-refractivity contribution in [2.75, 3.05) is 0 Å². The Hall–Kier alpha value is -2.75. The molecule has 0 atom stereocenters. The van der Waals surface area contributed by atoms with Gasteiger partial charge in [-0.1, -0.05) is 65.7 Å². The molecule has 0 unspecified atom stereocenters. The molecule has 0 N–H and O–H groups in total. The highest BCUT2D eigenvalue weighted by Crippen LogP contribution is 2.34. The molecule has 0 radical (unpaired) electrons. The summed E-state index contributed by atoms with van der Waals surface area (Å²) < 4.78 is 11.2. The van der Waals surface area contributed by atoms with E-state index in [1.54, 1.807) is 30.3 Å². The van der Waals surface area contributed by atoms with E-state index in [4.69, 9.17) is 32.4 Å². The van der Waals surface area contributed by atoms with Crippen molar-refractivity contribution in [1.29, 1.82) is 0 Å². The Morgan fingerprint density at radius 2 is 1.67 bits per heavy atom. The first-order valence-corrected chi connectivity index (χ1v) is 9.07. The smallest absolute Gasteiger partial charge is 0.339 e. The van der Waals surface area contributed by atoms with Gasteiger partial charge in [-0.3, -0.25) is 0 Å². The van der Waals surface area contributed by atoms with Gasteiger partial charge in [-0.15, -0.1) is 0 Å². The topological polar surface area (TPSA) is 39.4 Å². The van der Waals surface area contributed by atoms with E-state index in [0.717, 1.165) is 10.8 Å². The second-order valence-corrected chi connectivity index (χ2v) is 6.76. The van der Waals surface area contributed by atoms with Crippen LogP contribution in [0.25, 0.3) is 22.1 Å². The Labute approximate surface area is 166 Å². The first-order valence-electron chi connectivity index (χ1n) is 8.31. The number of benzene rings is 3. The minimum Gasteiger partial charge on any atom is -0.457 e. The van der Waals surface area contributed by atoms with E-state index >= 15 is 0 Å². The highest BCUT2D eigenvalue weighted by atomic mass is 35.5. The molecule has 1 aromatic heterocycles. The SMILES string of the molecule is O=C(OCc1ccc(-c2cccc(Cl)c2Cl)o1)c1cccc2ccccc12. The molecule has 0 aliphatic rings. The maximum atomic E-state index is 12.5. The molecule has 1 heterocycles. The fourth-order valence-corrected chi connectivity index (χ4v) is 3.31. The summed E-state index contributed by atoms with van der Waals surface area (Å²) in [7, 11) is 0. The number of carbonyl (C=O) groups is 1. The first-order chi connectivity index (χ1) is 13.1. The molecule has 27 heavy (non-hydrogen) atoms. The van der Waals surface area contributed by atoms with Gasteiger partial charge in [0.25, 0.3) is 0 Å². The lowest BCUT2D eigenvalue weighted by atomic mass is 10.1. The van der Waals surface area contributed by atoms with Gasteiger partial charge in [0.1, 0.15) is 18.1 Å². The maximum absolute atomic E-state index is 12.5. The summed E-state index contributed by atoms with van der Waals surface area (Å²) >= 11 is 12.3. The van der Waals surface area contributed by atoms with Crippen LogP contribution in [-0.2, 0) is 11.3 Å². The van der Waals surface area contributed by atoms with Gasteiger partial charge in [0, 0.05) is 5.56 Å². The van der Waals surface area contributed by atoms with Crippen molar-refractivity contribution < 1.29 is 13.9 Å². The highest BCUT2D eigenvalue weighted by molar-refractivity contribution is 6.43. The van der Waals surface area contributed by atoms with Crippen LogP contribution in [0.4, 0.5) is 0 Å². The van der Waals surface area contributed by atoms with Crippen molar-refractivity contribution >= 4 is 39.9 Å². The summed E-state index contributed by atoms with van der Waals surface area (Å²) in [6.07, 6.45) is 0. The number of esters is 1. The normalized spacial score (nSPS) is 10.9. The summed E-state index contributed by atoms with van der Waals surface area (Å²) in [6, 6.07) is 22.1. The van der Waals surface area contributed by atoms with Crippen molar-refractivity contribution in [3.05, 3.63) is 94.2 Å². The molecule has 0 aliphatic carbocycles. The van der Waals surface area contributed by atoms with E-state index in [-0.39, 0.29) is 6.61 Å². The molecule has 4 aromatic rings. The van der Waals surface area contributed by atoms with Crippen LogP contribution in [-0.4, -0.2) is 5.97 Å². The van der Waals surface area contributed by atoms with Crippen LogP contribution in [0, 0.1) is 0 Å². The predicted molar refractivity (Wildman–Crippen MR) is 107 cm³/mol. The van der Waals surface area contributed by atoms with Crippen LogP contribution in [0.3, 0.4) is 0 Å². The summed E-state index contributed by atoms with van der Waals surface area (Å²) in [6.45, 7) is 0.0280. The third kappa shape index (κ3) is 3.57. The lowest BCUT2D eigenvalue weighted by molar-refractivity contribution is 0.0448. The monoisotopic (exact) mass is 396 g/mol. The molecular weight excluding hydrogens is 383 g/mol. The molecular formula is C22H14Cl2O3. The minimum atomic E-state index is -0.398. The molecule has 5 heteroatoms. The molecule has 0 fully saturated rings. The van der Waals surface area contributed by atoms with Crippen molar-refractivity contribution in [2.45, 2.75) is 6.61 Å². The third-order valence-electron chi connectivity index (χ3n) is 4.23. The molecule has 0 amide bonds. The van der Waals surface area contributed by atoms with E-state index in [0.29, 0.717) is 32.7 Å². The molecule has 3 aromatic carbocycles. The summed E-state index contributed by atoms with van der Waals surface area (Å²) in [5.41, 5.74) is 1.22. The van der Waals surface area contributed by atoms with Crippen LogP contribution in [0.2, 0.25) is 10.0 Å². The predicted octanol–water partition coefficient (Wildman–Crippen LogP) is 6.76. The van der Waals surface area contributed by atoms with E-state index in [2.05, 4.69) is 0 Å². The third-order valence-corrected chi connectivity index (χ3v) is 5.05. The number of hydrogen-bond donors (Lipinski definition) is 0. The number of furan rings is 1. The molecule has 0 spiro atoms. The Kier molecular flexibility index (Phi) is 4.88. The Balaban J connectivity index is 1.52. The number of halogens is 2. The first kappa shape index (κ1) is 17.7. The van der Waals surface area contributed by atoms with E-state index in [1.165, 1.54) is 0 Å². The summed E-state index contributed by atoms with van der Waals surface area (Å²) in [5.74, 6) is 0.693. The quantitative estimate of drug-likeness (QED) is 0.357. The number of fused-ring (bicyclic) bond motifs is 1. The molecule has 0 aliphatic heterocycles. The van der Waals surface area contributed by atoms with Crippen LogP contribution >= 0.6 is 23.2 Å². The number of rotatable bonds is 4. The lowest BCUT2D eigenvalue weighted by Crippen LogP contribution is -2.05. The average Bonchev–Trinajstić information content (AvgIpc) is 3.16. The molecule has 134 valence electrons. The van der Waals surface area contributed by atoms with Crippen molar-refractivity contribution in [1.82, 2.24) is 0 Å². The minimum absolute atomic E-state index is 0.0280. The van der Waals surface area contributed by atoms with Crippen molar-refractivity contribution in [2.24, 2.45) is 0 Å². The van der Waals surface area contributed by atoms with Gasteiger partial charge in [0.15, 0.2) is 0 Å². The lowest BCUT2D eigenvalue weighted by Gasteiger charge is -2.06. The van der Waals surface area contributed by atoms with E-state index < -0.39 is 5.97 Å². The van der Waals surface area contributed by atoms with Gasteiger partial charge >= 0.3 is 5.97 Å². The van der Waals surface area contributed by atoms with Crippen LogP contribution in [0.5, 0.6) is 0 Å². The molecule has 4 rings (SSSR count). The summed E-state index contributed by atoms with van der Waals surface area (Å²) in [5, 5.41) is 2.72. The fourth-order valence-electron chi connectivity index (χ4n) is 2.91. The van der Waals surface area contributed by atoms with E-state index in [9.17, 15) is 4.79 Å². The summed E-state index contributed by atoms with van der Waals surface area (Å²) in [4.78, 5) is 12.5. The van der Waals surface area contributed by atoms with Crippen molar-refractivity contribution in [3.63, 3.8) is 0 Å². The number of ether oxygens (including phenoxy) is 1. The molecule has 0 bridgehead atoms. The zero-order valence-corrected chi connectivity index (χ0v) is 15.6. The van der Waals surface area contributed by atoms with Crippen LogP contribution in [0.15, 0.2) is 77.2 Å². The zero-order chi connectivity index (χ0) is 18.8. The second kappa shape index (κ2) is 7.47. The average molecular weight is 397 g/mol.